The highest BCUT2D eigenvalue weighted by Crippen LogP contribution is 2.45. The highest BCUT2D eigenvalue weighted by Gasteiger charge is 2.37. The van der Waals surface area contributed by atoms with Crippen molar-refractivity contribution in [3.05, 3.63) is 105 Å². The zero-order valence-electron chi connectivity index (χ0n) is 19.6. The molecule has 0 amide bonds. The first-order chi connectivity index (χ1) is 16.2. The Kier molecular flexibility index (Phi) is 5.85. The fraction of sp³-hybridized carbons (Fsp3) is 0.276. The number of fused-ring (bicyclic) bond motifs is 1. The van der Waals surface area contributed by atoms with E-state index in [2.05, 4.69) is 71.6 Å². The largest absolute Gasteiger partial charge is 0.372 e. The van der Waals surface area contributed by atoms with Crippen LogP contribution >= 0.6 is 15.9 Å². The topological polar surface area (TPSA) is 41.1 Å². The van der Waals surface area contributed by atoms with E-state index < -0.39 is 6.04 Å². The Labute approximate surface area is 208 Å². The van der Waals surface area contributed by atoms with Gasteiger partial charge in [0.15, 0.2) is 5.78 Å². The Morgan fingerprint density at radius 2 is 1.65 bits per heavy atom. The first-order valence-corrected chi connectivity index (χ1v) is 12.4. The highest BCUT2D eigenvalue weighted by molar-refractivity contribution is 9.10. The van der Waals surface area contributed by atoms with Crippen LogP contribution in [0.1, 0.15) is 62.3 Å². The van der Waals surface area contributed by atoms with E-state index in [-0.39, 0.29) is 22.9 Å². The maximum Gasteiger partial charge on any atom is 0.163 e. The van der Waals surface area contributed by atoms with Crippen LogP contribution < -0.4 is 10.6 Å². The van der Waals surface area contributed by atoms with Crippen molar-refractivity contribution in [3.63, 3.8) is 0 Å². The molecule has 0 saturated heterocycles. The van der Waals surface area contributed by atoms with Crippen LogP contribution in [-0.2, 0) is 10.2 Å². The SMILES string of the molecule is CC(C)(C)c1ccc(C2CC(=O)C3=C(C2)Nc2ccccc2NC3c2cc(Br)ccc2F)cc1. The van der Waals surface area contributed by atoms with E-state index in [1.54, 1.807) is 12.1 Å². The van der Waals surface area contributed by atoms with Crippen LogP contribution in [0.3, 0.4) is 0 Å². The lowest BCUT2D eigenvalue weighted by Crippen LogP contribution is -2.27. The van der Waals surface area contributed by atoms with Crippen molar-refractivity contribution in [1.29, 1.82) is 0 Å². The number of para-hydroxylation sites is 2. The molecule has 3 aromatic rings. The molecule has 2 atom stereocenters. The van der Waals surface area contributed by atoms with Crippen molar-refractivity contribution in [1.82, 2.24) is 0 Å². The van der Waals surface area contributed by atoms with Crippen LogP contribution in [0.4, 0.5) is 15.8 Å². The Hall–Kier alpha value is -2.92. The van der Waals surface area contributed by atoms with E-state index >= 15 is 4.39 Å². The lowest BCUT2D eigenvalue weighted by molar-refractivity contribution is -0.116. The molecule has 0 radical (unpaired) electrons. The molecular formula is C29H28BrFN2O. The molecule has 5 rings (SSSR count). The summed E-state index contributed by atoms with van der Waals surface area (Å²) < 4.78 is 15.8. The summed E-state index contributed by atoms with van der Waals surface area (Å²) in [5.74, 6) is -0.214. The summed E-state index contributed by atoms with van der Waals surface area (Å²) in [5.41, 5.74) is 6.19. The highest BCUT2D eigenvalue weighted by atomic mass is 79.9. The van der Waals surface area contributed by atoms with E-state index in [9.17, 15) is 4.79 Å². The van der Waals surface area contributed by atoms with Gasteiger partial charge in [0.1, 0.15) is 5.82 Å². The van der Waals surface area contributed by atoms with Crippen molar-refractivity contribution in [2.45, 2.75) is 51.0 Å². The van der Waals surface area contributed by atoms with Crippen LogP contribution in [0.25, 0.3) is 0 Å². The Bertz CT molecular complexity index is 1290. The van der Waals surface area contributed by atoms with Crippen LogP contribution in [0.5, 0.6) is 0 Å². The smallest absolute Gasteiger partial charge is 0.163 e. The van der Waals surface area contributed by atoms with Gasteiger partial charge in [0.25, 0.3) is 0 Å². The zero-order valence-corrected chi connectivity index (χ0v) is 21.2. The lowest BCUT2D eigenvalue weighted by Gasteiger charge is -2.30. The number of ketones is 1. The summed E-state index contributed by atoms with van der Waals surface area (Å²) in [5, 5.41) is 6.97. The number of benzene rings is 3. The number of halogens is 2. The second-order valence-corrected chi connectivity index (χ2v) is 11.1. The molecule has 0 saturated carbocycles. The molecule has 174 valence electrons. The summed E-state index contributed by atoms with van der Waals surface area (Å²) in [6.45, 7) is 6.60. The molecule has 1 aliphatic heterocycles. The molecule has 5 heteroatoms. The monoisotopic (exact) mass is 518 g/mol. The van der Waals surface area contributed by atoms with Gasteiger partial charge < -0.3 is 10.6 Å². The second kappa shape index (κ2) is 8.70. The van der Waals surface area contributed by atoms with Crippen LogP contribution in [0.2, 0.25) is 0 Å². The van der Waals surface area contributed by atoms with Gasteiger partial charge in [-0.05, 0) is 59.2 Å². The molecule has 34 heavy (non-hydrogen) atoms. The molecule has 3 nitrogen and oxygen atoms in total. The van der Waals surface area contributed by atoms with Gasteiger partial charge in [-0.3, -0.25) is 4.79 Å². The molecule has 0 aromatic heterocycles. The summed E-state index contributed by atoms with van der Waals surface area (Å²) in [6.07, 6.45) is 1.09. The minimum Gasteiger partial charge on any atom is -0.372 e. The normalized spacial score (nSPS) is 20.1. The number of allylic oxidation sites excluding steroid dienone is 1. The molecule has 2 aliphatic rings. The van der Waals surface area contributed by atoms with E-state index in [0.29, 0.717) is 24.0 Å². The molecule has 0 bridgehead atoms. The van der Waals surface area contributed by atoms with Crippen molar-refractivity contribution in [3.8, 4) is 0 Å². The molecule has 1 heterocycles. The van der Waals surface area contributed by atoms with Gasteiger partial charge in [0.05, 0.1) is 17.4 Å². The number of carbonyl (C=O) groups is 1. The van der Waals surface area contributed by atoms with Gasteiger partial charge in [-0.15, -0.1) is 0 Å². The van der Waals surface area contributed by atoms with E-state index in [1.165, 1.54) is 11.6 Å². The number of Topliss-reactive ketones (excluding diaryl/α,β-unsaturated/α-hetero) is 1. The van der Waals surface area contributed by atoms with Crippen LogP contribution in [0, 0.1) is 5.82 Å². The summed E-state index contributed by atoms with van der Waals surface area (Å²) in [6, 6.07) is 20.8. The van der Waals surface area contributed by atoms with E-state index in [4.69, 9.17) is 0 Å². The average molecular weight is 519 g/mol. The van der Waals surface area contributed by atoms with Gasteiger partial charge in [-0.2, -0.15) is 0 Å². The van der Waals surface area contributed by atoms with E-state index in [1.807, 2.05) is 24.3 Å². The summed E-state index contributed by atoms with van der Waals surface area (Å²) in [4.78, 5) is 13.7. The van der Waals surface area contributed by atoms with Gasteiger partial charge >= 0.3 is 0 Å². The molecular weight excluding hydrogens is 491 g/mol. The zero-order chi connectivity index (χ0) is 24.0. The lowest BCUT2D eigenvalue weighted by atomic mass is 9.77. The third-order valence-electron chi connectivity index (χ3n) is 6.83. The first kappa shape index (κ1) is 22.9. The minimum absolute atomic E-state index is 0.0447. The molecule has 0 fully saturated rings. The third kappa shape index (κ3) is 4.29. The number of carbonyl (C=O) groups excluding carboxylic acids is 1. The standard InChI is InChI=1S/C29H28BrFN2O/c1-29(2,3)19-10-8-17(9-11-19)18-14-25-27(26(34)15-18)28(21-16-20(30)12-13-22(21)31)33-24-7-5-4-6-23(24)32-25/h4-13,16,18,28,32-33H,14-15H2,1-3H3. The summed E-state index contributed by atoms with van der Waals surface area (Å²) >= 11 is 3.47. The molecule has 2 unspecified atom stereocenters. The van der Waals surface area contributed by atoms with Gasteiger partial charge in [-0.1, -0.05) is 73.1 Å². The second-order valence-electron chi connectivity index (χ2n) is 10.2. The first-order valence-electron chi connectivity index (χ1n) is 11.6. The van der Waals surface area contributed by atoms with Crippen molar-refractivity contribution >= 4 is 33.1 Å². The van der Waals surface area contributed by atoms with Crippen LogP contribution in [0.15, 0.2) is 82.5 Å². The van der Waals surface area contributed by atoms with Crippen molar-refractivity contribution < 1.29 is 9.18 Å². The maximum absolute atomic E-state index is 15.0. The Morgan fingerprint density at radius 1 is 0.941 bits per heavy atom. The fourth-order valence-corrected chi connectivity index (χ4v) is 5.33. The fourth-order valence-electron chi connectivity index (χ4n) is 4.95. The molecule has 1 aliphatic carbocycles. The minimum atomic E-state index is -0.569. The number of anilines is 2. The van der Waals surface area contributed by atoms with Gasteiger partial charge in [0.2, 0.25) is 0 Å². The van der Waals surface area contributed by atoms with E-state index in [0.717, 1.165) is 27.1 Å². The molecule has 0 spiro atoms. The number of hydrogen-bond acceptors (Lipinski definition) is 3. The predicted molar refractivity (Wildman–Crippen MR) is 140 cm³/mol. The number of hydrogen-bond donors (Lipinski definition) is 2. The Morgan fingerprint density at radius 3 is 2.35 bits per heavy atom. The molecule has 3 aromatic carbocycles. The average Bonchev–Trinajstić information content (AvgIpc) is 2.97. The van der Waals surface area contributed by atoms with Crippen molar-refractivity contribution in [2.75, 3.05) is 10.6 Å². The van der Waals surface area contributed by atoms with Crippen LogP contribution in [-0.4, -0.2) is 5.78 Å². The Balaban J connectivity index is 1.58. The number of rotatable bonds is 2. The molecule has 2 N–H and O–H groups in total. The third-order valence-corrected chi connectivity index (χ3v) is 7.32. The van der Waals surface area contributed by atoms with Gasteiger partial charge in [0, 0.05) is 27.7 Å². The quantitative estimate of drug-likeness (QED) is 0.362. The summed E-state index contributed by atoms with van der Waals surface area (Å²) in [7, 11) is 0. The van der Waals surface area contributed by atoms with Crippen molar-refractivity contribution in [2.24, 2.45) is 0 Å². The predicted octanol–water partition coefficient (Wildman–Crippen LogP) is 7.87. The number of nitrogens with one attached hydrogen (secondary N) is 2. The van der Waals surface area contributed by atoms with Gasteiger partial charge in [-0.25, -0.2) is 4.39 Å². The maximum atomic E-state index is 15.0.